The molecular formula is C12H22NSTb-. The molecule has 1 fully saturated rings. The van der Waals surface area contributed by atoms with Gasteiger partial charge in [0.05, 0.1) is 4.99 Å². The Hall–Kier alpha value is 1.18. The van der Waals surface area contributed by atoms with Gasteiger partial charge in [-0.05, 0) is 24.7 Å². The molecule has 0 aromatic heterocycles. The molecule has 1 radical (unpaired) electrons. The van der Waals surface area contributed by atoms with Gasteiger partial charge in [-0.25, -0.2) is 0 Å². The Labute approximate surface area is 131 Å². The summed E-state index contributed by atoms with van der Waals surface area (Å²) >= 11 is 5.46. The van der Waals surface area contributed by atoms with Crippen LogP contribution in [0.15, 0.2) is 0 Å². The normalized spacial score (nSPS) is 26.3. The summed E-state index contributed by atoms with van der Waals surface area (Å²) in [6, 6.07) is 0. The third kappa shape index (κ3) is 4.51. The fourth-order valence-corrected chi connectivity index (χ4v) is 2.73. The standard InChI is InChI=1S/C12H22NS.Tb/c1-4-6-7-10-8-9-13(3)12(14)11(10)5-2;/h10-11H,2,4-9H2,1,3H3;/q-1;. The molecule has 2 atom stereocenters. The summed E-state index contributed by atoms with van der Waals surface area (Å²) < 4.78 is 0. The molecule has 0 aliphatic carbocycles. The van der Waals surface area contributed by atoms with Crippen LogP contribution in [-0.4, -0.2) is 23.5 Å². The van der Waals surface area contributed by atoms with E-state index in [1.165, 1.54) is 25.7 Å². The molecule has 1 saturated heterocycles. The van der Waals surface area contributed by atoms with E-state index in [0.29, 0.717) is 5.92 Å². The molecule has 1 heterocycles. The Morgan fingerprint density at radius 2 is 2.20 bits per heavy atom. The fraction of sp³-hybridized carbons (Fsp3) is 0.833. The third-order valence-corrected chi connectivity index (χ3v) is 3.95. The van der Waals surface area contributed by atoms with Crippen molar-refractivity contribution in [2.24, 2.45) is 11.8 Å². The summed E-state index contributed by atoms with van der Waals surface area (Å²) in [5.74, 6) is 1.37. The number of likely N-dealkylation sites (tertiary alicyclic amines) is 1. The molecule has 1 nitrogen and oxygen atoms in total. The molecule has 0 bridgehead atoms. The van der Waals surface area contributed by atoms with E-state index < -0.39 is 0 Å². The van der Waals surface area contributed by atoms with Crippen LogP contribution in [0.4, 0.5) is 0 Å². The summed E-state index contributed by atoms with van der Waals surface area (Å²) in [6.45, 7) is 7.44. The van der Waals surface area contributed by atoms with Crippen LogP contribution < -0.4 is 0 Å². The smallest absolute Gasteiger partial charge is 0.0785 e. The minimum Gasteiger partial charge on any atom is -0.369 e. The molecule has 1 rings (SSSR count). The van der Waals surface area contributed by atoms with Gasteiger partial charge in [0, 0.05) is 52.2 Å². The number of nitrogens with zero attached hydrogens (tertiary/aromatic N) is 1. The molecule has 3 heteroatoms. The van der Waals surface area contributed by atoms with Crippen LogP contribution in [0.5, 0.6) is 0 Å². The van der Waals surface area contributed by atoms with E-state index in [-0.39, 0.29) is 38.6 Å². The Bertz CT molecular complexity index is 194. The topological polar surface area (TPSA) is 3.24 Å². The van der Waals surface area contributed by atoms with Gasteiger partial charge in [0.25, 0.3) is 0 Å². The zero-order valence-electron chi connectivity index (χ0n) is 9.79. The van der Waals surface area contributed by atoms with Gasteiger partial charge in [0.2, 0.25) is 0 Å². The molecule has 0 aromatic rings. The van der Waals surface area contributed by atoms with Gasteiger partial charge >= 0.3 is 0 Å². The van der Waals surface area contributed by atoms with Crippen molar-refractivity contribution >= 4 is 17.2 Å². The maximum Gasteiger partial charge on any atom is 0.0785 e. The monoisotopic (exact) mass is 371 g/mol. The predicted octanol–water partition coefficient (Wildman–Crippen LogP) is 3.30. The van der Waals surface area contributed by atoms with Crippen molar-refractivity contribution in [1.82, 2.24) is 4.90 Å². The molecule has 1 aliphatic heterocycles. The van der Waals surface area contributed by atoms with Crippen LogP contribution in [0.3, 0.4) is 0 Å². The van der Waals surface area contributed by atoms with Crippen molar-refractivity contribution in [1.29, 1.82) is 0 Å². The number of unbranched alkanes of at least 4 members (excludes halogenated alkanes) is 1. The SMILES string of the molecule is [CH2-]CC1C(=S)N(C)CCC1CCCC.[Tb]. The van der Waals surface area contributed by atoms with Crippen LogP contribution in [0.25, 0.3) is 0 Å². The van der Waals surface area contributed by atoms with Crippen molar-refractivity contribution < 1.29 is 38.6 Å². The van der Waals surface area contributed by atoms with Crippen molar-refractivity contribution in [3.63, 3.8) is 0 Å². The van der Waals surface area contributed by atoms with E-state index in [9.17, 15) is 0 Å². The molecular weight excluding hydrogens is 349 g/mol. The van der Waals surface area contributed by atoms with Crippen molar-refractivity contribution in [3.05, 3.63) is 6.92 Å². The van der Waals surface area contributed by atoms with Crippen LogP contribution in [0, 0.1) is 57.4 Å². The van der Waals surface area contributed by atoms with Gasteiger partial charge in [0.15, 0.2) is 0 Å². The van der Waals surface area contributed by atoms with Crippen LogP contribution in [-0.2, 0) is 0 Å². The van der Waals surface area contributed by atoms with Gasteiger partial charge in [0.1, 0.15) is 0 Å². The second kappa shape index (κ2) is 8.29. The van der Waals surface area contributed by atoms with Crippen molar-refractivity contribution in [2.45, 2.75) is 39.0 Å². The minimum atomic E-state index is 0. The molecule has 15 heavy (non-hydrogen) atoms. The predicted molar refractivity (Wildman–Crippen MR) is 66.3 cm³/mol. The minimum absolute atomic E-state index is 0. The van der Waals surface area contributed by atoms with Gasteiger partial charge in [-0.2, -0.15) is 6.42 Å². The molecule has 0 amide bonds. The molecule has 0 spiro atoms. The maximum atomic E-state index is 5.46. The average Bonchev–Trinajstić information content (AvgIpc) is 2.20. The summed E-state index contributed by atoms with van der Waals surface area (Å²) in [4.78, 5) is 3.38. The van der Waals surface area contributed by atoms with E-state index in [1.54, 1.807) is 0 Å². The van der Waals surface area contributed by atoms with Crippen LogP contribution >= 0.6 is 12.2 Å². The van der Waals surface area contributed by atoms with Crippen molar-refractivity contribution in [2.75, 3.05) is 13.6 Å². The first-order valence-electron chi connectivity index (χ1n) is 5.75. The Morgan fingerprint density at radius 1 is 1.53 bits per heavy atom. The van der Waals surface area contributed by atoms with E-state index in [1.807, 2.05) is 0 Å². The third-order valence-electron chi connectivity index (χ3n) is 3.34. The van der Waals surface area contributed by atoms with E-state index in [2.05, 4.69) is 25.8 Å². The second-order valence-corrected chi connectivity index (χ2v) is 4.76. The Kier molecular flexibility index (Phi) is 8.94. The van der Waals surface area contributed by atoms with E-state index >= 15 is 0 Å². The number of piperidine rings is 1. The fourth-order valence-electron chi connectivity index (χ4n) is 2.33. The maximum absolute atomic E-state index is 5.46. The zero-order valence-corrected chi connectivity index (χ0v) is 12.7. The first-order valence-corrected chi connectivity index (χ1v) is 6.15. The molecule has 0 saturated carbocycles. The molecule has 0 aromatic carbocycles. The van der Waals surface area contributed by atoms with Crippen LogP contribution in [0.1, 0.15) is 39.0 Å². The number of rotatable bonds is 4. The van der Waals surface area contributed by atoms with E-state index in [4.69, 9.17) is 12.2 Å². The second-order valence-electron chi connectivity index (χ2n) is 4.35. The Morgan fingerprint density at radius 3 is 2.73 bits per heavy atom. The largest absolute Gasteiger partial charge is 0.369 e. The number of hydrogen-bond acceptors (Lipinski definition) is 1. The summed E-state index contributed by atoms with van der Waals surface area (Å²) in [5.41, 5.74) is 0. The molecule has 91 valence electrons. The van der Waals surface area contributed by atoms with Gasteiger partial charge in [-0.15, -0.1) is 0 Å². The van der Waals surface area contributed by atoms with Crippen molar-refractivity contribution in [3.8, 4) is 0 Å². The van der Waals surface area contributed by atoms with Gasteiger partial charge in [-0.1, -0.05) is 32.0 Å². The molecule has 2 unspecified atom stereocenters. The molecule has 1 aliphatic rings. The first kappa shape index (κ1) is 16.2. The van der Waals surface area contributed by atoms with Gasteiger partial charge in [-0.3, -0.25) is 0 Å². The summed E-state index contributed by atoms with van der Waals surface area (Å²) in [7, 11) is 2.11. The zero-order chi connectivity index (χ0) is 10.6. The van der Waals surface area contributed by atoms with E-state index in [0.717, 1.165) is 23.9 Å². The first-order chi connectivity index (χ1) is 6.70. The van der Waals surface area contributed by atoms with Crippen LogP contribution in [0.2, 0.25) is 0 Å². The van der Waals surface area contributed by atoms with Gasteiger partial charge < -0.3 is 11.8 Å². The number of hydrogen-bond donors (Lipinski definition) is 0. The molecule has 0 N–H and O–H groups in total. The summed E-state index contributed by atoms with van der Waals surface area (Å²) in [5, 5.41) is 0. The Balaban J connectivity index is 0.00000196. The summed E-state index contributed by atoms with van der Waals surface area (Å²) in [6.07, 6.45) is 6.25. The number of thiocarbonyl (C=S) groups is 1. The quantitative estimate of drug-likeness (QED) is 0.551. The average molecular weight is 371 g/mol.